The fourth-order valence-electron chi connectivity index (χ4n) is 1.40. The average molecular weight is 202 g/mol. The standard InChI is InChI=1S/C8H14N2O4/c11-7(12)5-2-1-3-9-6(4-10-5)8(13)14/h5-6,9-10H,1-4H2,(H,11,12)(H,13,14)/t5-,6-/m0/s1. The van der Waals surface area contributed by atoms with Gasteiger partial charge in [-0.25, -0.2) is 0 Å². The van der Waals surface area contributed by atoms with Gasteiger partial charge in [0.05, 0.1) is 0 Å². The van der Waals surface area contributed by atoms with Gasteiger partial charge < -0.3 is 20.8 Å². The molecule has 4 N–H and O–H groups in total. The molecule has 6 heteroatoms. The van der Waals surface area contributed by atoms with Crippen LogP contribution in [0.25, 0.3) is 0 Å². The maximum atomic E-state index is 10.7. The molecule has 0 spiro atoms. The minimum atomic E-state index is -0.955. The predicted molar refractivity (Wildman–Crippen MR) is 48.1 cm³/mol. The van der Waals surface area contributed by atoms with Crippen molar-refractivity contribution in [2.45, 2.75) is 24.9 Å². The van der Waals surface area contributed by atoms with Gasteiger partial charge in [-0.2, -0.15) is 0 Å². The second-order valence-corrected chi connectivity index (χ2v) is 3.29. The second kappa shape index (κ2) is 4.92. The van der Waals surface area contributed by atoms with E-state index in [1.165, 1.54) is 0 Å². The summed E-state index contributed by atoms with van der Waals surface area (Å²) in [6, 6.07) is -1.32. The van der Waals surface area contributed by atoms with E-state index in [0.29, 0.717) is 19.4 Å². The molecule has 6 nitrogen and oxygen atoms in total. The number of carboxylic acid groups (broad SMARTS) is 2. The Bertz CT molecular complexity index is 207. The Morgan fingerprint density at radius 1 is 1.07 bits per heavy atom. The number of hydrogen-bond donors (Lipinski definition) is 4. The van der Waals surface area contributed by atoms with Gasteiger partial charge >= 0.3 is 11.9 Å². The molecule has 1 fully saturated rings. The molecule has 0 aromatic heterocycles. The molecular formula is C8H14N2O4. The summed E-state index contributed by atoms with van der Waals surface area (Å²) in [5.74, 6) is -1.88. The highest BCUT2D eigenvalue weighted by atomic mass is 16.4. The van der Waals surface area contributed by atoms with E-state index < -0.39 is 24.0 Å². The summed E-state index contributed by atoms with van der Waals surface area (Å²) < 4.78 is 0. The van der Waals surface area contributed by atoms with Crippen LogP contribution in [-0.4, -0.2) is 47.3 Å². The molecule has 0 aliphatic carbocycles. The van der Waals surface area contributed by atoms with Crippen LogP contribution in [0.3, 0.4) is 0 Å². The van der Waals surface area contributed by atoms with Crippen molar-refractivity contribution >= 4 is 11.9 Å². The SMILES string of the molecule is O=C(O)[C@@H]1CCCN[C@H](C(=O)O)CN1. The summed E-state index contributed by atoms with van der Waals surface area (Å²) in [5.41, 5.74) is 0. The Kier molecular flexibility index (Phi) is 3.84. The van der Waals surface area contributed by atoms with Crippen LogP contribution in [0.1, 0.15) is 12.8 Å². The number of carbonyl (C=O) groups is 2. The lowest BCUT2D eigenvalue weighted by molar-refractivity contribution is -0.142. The first-order valence-electron chi connectivity index (χ1n) is 4.53. The van der Waals surface area contributed by atoms with Crippen LogP contribution in [0.4, 0.5) is 0 Å². The van der Waals surface area contributed by atoms with Gasteiger partial charge in [-0.15, -0.1) is 0 Å². The van der Waals surface area contributed by atoms with Gasteiger partial charge in [-0.1, -0.05) is 0 Å². The molecule has 14 heavy (non-hydrogen) atoms. The fraction of sp³-hybridized carbons (Fsp3) is 0.750. The van der Waals surface area contributed by atoms with Gasteiger partial charge in [0.2, 0.25) is 0 Å². The summed E-state index contributed by atoms with van der Waals surface area (Å²) in [5, 5.41) is 23.0. The fourth-order valence-corrected chi connectivity index (χ4v) is 1.40. The second-order valence-electron chi connectivity index (χ2n) is 3.29. The lowest BCUT2D eigenvalue weighted by Gasteiger charge is -2.22. The topological polar surface area (TPSA) is 98.7 Å². The zero-order chi connectivity index (χ0) is 10.6. The van der Waals surface area contributed by atoms with Crippen LogP contribution in [0, 0.1) is 0 Å². The van der Waals surface area contributed by atoms with Crippen molar-refractivity contribution in [3.8, 4) is 0 Å². The number of aliphatic carboxylic acids is 2. The third-order valence-corrected chi connectivity index (χ3v) is 2.22. The molecule has 0 aromatic carbocycles. The van der Waals surface area contributed by atoms with Gasteiger partial charge in [-0.3, -0.25) is 9.59 Å². The number of hydrogen-bond acceptors (Lipinski definition) is 4. The third kappa shape index (κ3) is 2.97. The number of nitrogens with one attached hydrogen (secondary N) is 2. The van der Waals surface area contributed by atoms with Gasteiger partial charge in [0.25, 0.3) is 0 Å². The molecule has 0 bridgehead atoms. The normalized spacial score (nSPS) is 28.9. The smallest absolute Gasteiger partial charge is 0.322 e. The molecule has 1 saturated heterocycles. The van der Waals surface area contributed by atoms with Gasteiger partial charge in [0.15, 0.2) is 0 Å². The Morgan fingerprint density at radius 2 is 1.71 bits per heavy atom. The van der Waals surface area contributed by atoms with Crippen molar-refractivity contribution < 1.29 is 19.8 Å². The van der Waals surface area contributed by atoms with Crippen LogP contribution < -0.4 is 10.6 Å². The van der Waals surface area contributed by atoms with E-state index >= 15 is 0 Å². The molecular weight excluding hydrogens is 188 g/mol. The maximum absolute atomic E-state index is 10.7. The lowest BCUT2D eigenvalue weighted by atomic mass is 10.1. The van der Waals surface area contributed by atoms with Crippen LogP contribution in [0.2, 0.25) is 0 Å². The number of rotatable bonds is 2. The van der Waals surface area contributed by atoms with E-state index in [1.54, 1.807) is 0 Å². The maximum Gasteiger partial charge on any atom is 0.322 e. The van der Waals surface area contributed by atoms with Crippen LogP contribution >= 0.6 is 0 Å². The largest absolute Gasteiger partial charge is 0.480 e. The van der Waals surface area contributed by atoms with Crippen molar-refractivity contribution in [3.63, 3.8) is 0 Å². The number of carboxylic acids is 2. The molecule has 1 rings (SSSR count). The van der Waals surface area contributed by atoms with Crippen LogP contribution in [0.5, 0.6) is 0 Å². The molecule has 0 amide bonds. The summed E-state index contributed by atoms with van der Waals surface area (Å²) in [6.07, 6.45) is 1.18. The third-order valence-electron chi connectivity index (χ3n) is 2.22. The Labute approximate surface area is 81.3 Å². The van der Waals surface area contributed by atoms with Crippen molar-refractivity contribution in [2.24, 2.45) is 0 Å². The highest BCUT2D eigenvalue weighted by molar-refractivity contribution is 5.75. The van der Waals surface area contributed by atoms with Crippen LogP contribution in [-0.2, 0) is 9.59 Å². The lowest BCUT2D eigenvalue weighted by Crippen LogP contribution is -2.51. The zero-order valence-corrected chi connectivity index (χ0v) is 7.69. The molecule has 1 aliphatic heterocycles. The summed E-state index contributed by atoms with van der Waals surface area (Å²) in [6.45, 7) is 0.689. The molecule has 0 aromatic rings. The van der Waals surface area contributed by atoms with Crippen molar-refractivity contribution in [3.05, 3.63) is 0 Å². The summed E-state index contributed by atoms with van der Waals surface area (Å²) in [7, 11) is 0. The zero-order valence-electron chi connectivity index (χ0n) is 7.69. The first-order valence-corrected chi connectivity index (χ1v) is 4.53. The summed E-state index contributed by atoms with van der Waals surface area (Å²) >= 11 is 0. The van der Waals surface area contributed by atoms with E-state index in [-0.39, 0.29) is 6.54 Å². The molecule has 2 atom stereocenters. The van der Waals surface area contributed by atoms with Gasteiger partial charge in [0, 0.05) is 6.54 Å². The first kappa shape index (κ1) is 10.9. The van der Waals surface area contributed by atoms with E-state index in [2.05, 4.69) is 10.6 Å². The van der Waals surface area contributed by atoms with Gasteiger partial charge in [0.1, 0.15) is 12.1 Å². The molecule has 0 unspecified atom stereocenters. The monoisotopic (exact) mass is 202 g/mol. The van der Waals surface area contributed by atoms with E-state index in [1.807, 2.05) is 0 Å². The first-order chi connectivity index (χ1) is 6.61. The van der Waals surface area contributed by atoms with Crippen LogP contribution in [0.15, 0.2) is 0 Å². The van der Waals surface area contributed by atoms with Crippen molar-refractivity contribution in [1.82, 2.24) is 10.6 Å². The minimum Gasteiger partial charge on any atom is -0.480 e. The Morgan fingerprint density at radius 3 is 2.29 bits per heavy atom. The van der Waals surface area contributed by atoms with Crippen molar-refractivity contribution in [2.75, 3.05) is 13.1 Å². The minimum absolute atomic E-state index is 0.145. The quantitative estimate of drug-likeness (QED) is 0.452. The molecule has 80 valence electrons. The summed E-state index contributed by atoms with van der Waals surface area (Å²) in [4.78, 5) is 21.3. The molecule has 0 radical (unpaired) electrons. The molecule has 0 saturated carbocycles. The van der Waals surface area contributed by atoms with E-state index in [0.717, 1.165) is 0 Å². The highest BCUT2D eigenvalue weighted by Gasteiger charge is 2.24. The van der Waals surface area contributed by atoms with Gasteiger partial charge in [-0.05, 0) is 19.4 Å². The van der Waals surface area contributed by atoms with E-state index in [4.69, 9.17) is 10.2 Å². The van der Waals surface area contributed by atoms with E-state index in [9.17, 15) is 9.59 Å². The Hall–Kier alpha value is -1.14. The Balaban J connectivity index is 2.50. The molecule has 1 aliphatic rings. The average Bonchev–Trinajstić information content (AvgIpc) is 2.01. The highest BCUT2D eigenvalue weighted by Crippen LogP contribution is 2.01. The van der Waals surface area contributed by atoms with Crippen molar-refractivity contribution in [1.29, 1.82) is 0 Å². The molecule has 1 heterocycles. The predicted octanol–water partition coefficient (Wildman–Crippen LogP) is -1.13.